The van der Waals surface area contributed by atoms with E-state index in [1.54, 1.807) is 12.1 Å². The van der Waals surface area contributed by atoms with Crippen molar-refractivity contribution < 1.29 is 9.72 Å². The second kappa shape index (κ2) is 8.98. The molecule has 1 aliphatic carbocycles. The number of benzene rings is 1. The Morgan fingerprint density at radius 2 is 1.65 bits per heavy atom. The zero-order chi connectivity index (χ0) is 18.4. The first-order chi connectivity index (χ1) is 12.6. The summed E-state index contributed by atoms with van der Waals surface area (Å²) in [5.74, 6) is 0. The Morgan fingerprint density at radius 1 is 1.04 bits per heavy atom. The van der Waals surface area contributed by atoms with Crippen LogP contribution in [-0.2, 0) is 6.54 Å². The third-order valence-corrected chi connectivity index (χ3v) is 5.45. The number of carbonyl (C=O) groups is 1. The van der Waals surface area contributed by atoms with Crippen LogP contribution in [0.4, 0.5) is 10.5 Å². The lowest BCUT2D eigenvalue weighted by Gasteiger charge is -2.33. The van der Waals surface area contributed by atoms with Gasteiger partial charge < -0.3 is 10.6 Å². The van der Waals surface area contributed by atoms with Crippen molar-refractivity contribution >= 4 is 11.7 Å². The largest absolute Gasteiger partial charge is 0.335 e. The molecule has 2 aliphatic rings. The predicted molar refractivity (Wildman–Crippen MR) is 99.9 cm³/mol. The molecular weight excluding hydrogens is 332 g/mol. The van der Waals surface area contributed by atoms with Gasteiger partial charge in [0, 0.05) is 43.3 Å². The quantitative estimate of drug-likeness (QED) is 0.623. The molecule has 0 atom stereocenters. The number of urea groups is 1. The smallest absolute Gasteiger partial charge is 0.315 e. The van der Waals surface area contributed by atoms with Crippen molar-refractivity contribution in [2.45, 2.75) is 63.6 Å². The van der Waals surface area contributed by atoms with E-state index < -0.39 is 0 Å². The number of para-hydroxylation sites is 1. The maximum atomic E-state index is 12.2. The highest BCUT2D eigenvalue weighted by atomic mass is 16.6. The van der Waals surface area contributed by atoms with Crippen LogP contribution in [0.5, 0.6) is 0 Å². The summed E-state index contributed by atoms with van der Waals surface area (Å²) < 4.78 is 0. The van der Waals surface area contributed by atoms with Crippen LogP contribution in [0.2, 0.25) is 0 Å². The number of rotatable bonds is 5. The second-order valence-electron chi connectivity index (χ2n) is 7.39. The van der Waals surface area contributed by atoms with E-state index in [4.69, 9.17) is 0 Å². The van der Waals surface area contributed by atoms with Crippen molar-refractivity contribution in [2.75, 3.05) is 13.1 Å². The lowest BCUT2D eigenvalue weighted by atomic mass is 9.96. The number of carbonyl (C=O) groups excluding carboxylic acids is 1. The van der Waals surface area contributed by atoms with E-state index in [1.807, 2.05) is 12.1 Å². The van der Waals surface area contributed by atoms with E-state index >= 15 is 0 Å². The average molecular weight is 360 g/mol. The highest BCUT2D eigenvalue weighted by molar-refractivity contribution is 5.74. The fourth-order valence-electron chi connectivity index (χ4n) is 3.96. The van der Waals surface area contributed by atoms with Crippen LogP contribution in [0.25, 0.3) is 0 Å². The summed E-state index contributed by atoms with van der Waals surface area (Å²) in [6, 6.07) is 7.37. The fourth-order valence-corrected chi connectivity index (χ4v) is 3.96. The average Bonchev–Trinajstić information content (AvgIpc) is 2.64. The zero-order valence-electron chi connectivity index (χ0n) is 15.2. The molecule has 1 aliphatic heterocycles. The van der Waals surface area contributed by atoms with Crippen molar-refractivity contribution in [3.05, 3.63) is 39.9 Å². The third kappa shape index (κ3) is 5.17. The van der Waals surface area contributed by atoms with E-state index in [0.717, 1.165) is 44.3 Å². The van der Waals surface area contributed by atoms with E-state index in [9.17, 15) is 14.9 Å². The summed E-state index contributed by atoms with van der Waals surface area (Å²) in [7, 11) is 0. The lowest BCUT2D eigenvalue weighted by molar-refractivity contribution is -0.385. The van der Waals surface area contributed by atoms with Gasteiger partial charge in [0.2, 0.25) is 0 Å². The Bertz CT molecular complexity index is 623. The van der Waals surface area contributed by atoms with Crippen molar-refractivity contribution in [1.29, 1.82) is 0 Å². The summed E-state index contributed by atoms with van der Waals surface area (Å²) in [6.07, 6.45) is 7.60. The first kappa shape index (κ1) is 18.6. The molecular formula is C19H28N4O3. The number of likely N-dealkylation sites (tertiary alicyclic amines) is 1. The second-order valence-corrected chi connectivity index (χ2v) is 7.39. The highest BCUT2D eigenvalue weighted by Crippen LogP contribution is 2.22. The molecule has 7 heteroatoms. The monoisotopic (exact) mass is 360 g/mol. The number of nitrogens with one attached hydrogen (secondary N) is 2. The molecule has 0 bridgehead atoms. The fraction of sp³-hybridized carbons (Fsp3) is 0.632. The van der Waals surface area contributed by atoms with Gasteiger partial charge in [-0.05, 0) is 25.7 Å². The summed E-state index contributed by atoms with van der Waals surface area (Å²) >= 11 is 0. The minimum absolute atomic E-state index is 0.0472. The topological polar surface area (TPSA) is 87.5 Å². The summed E-state index contributed by atoms with van der Waals surface area (Å²) in [5.41, 5.74) is 0.929. The molecule has 0 radical (unpaired) electrons. The van der Waals surface area contributed by atoms with Gasteiger partial charge in [-0.15, -0.1) is 0 Å². The van der Waals surface area contributed by atoms with Crippen molar-refractivity contribution in [1.82, 2.24) is 15.5 Å². The van der Waals surface area contributed by atoms with E-state index in [-0.39, 0.29) is 22.7 Å². The van der Waals surface area contributed by atoms with Crippen molar-refractivity contribution in [3.63, 3.8) is 0 Å². The van der Waals surface area contributed by atoms with E-state index in [0.29, 0.717) is 12.6 Å². The molecule has 142 valence electrons. The molecule has 1 saturated carbocycles. The Hall–Kier alpha value is -2.15. The Morgan fingerprint density at radius 3 is 2.31 bits per heavy atom. The number of amides is 2. The number of hydrogen-bond donors (Lipinski definition) is 2. The van der Waals surface area contributed by atoms with Gasteiger partial charge >= 0.3 is 6.03 Å². The molecule has 0 unspecified atom stereocenters. The van der Waals surface area contributed by atoms with Gasteiger partial charge in [0.05, 0.1) is 4.92 Å². The molecule has 0 spiro atoms. The molecule has 1 heterocycles. The van der Waals surface area contributed by atoms with Gasteiger partial charge in [-0.25, -0.2) is 4.79 Å². The van der Waals surface area contributed by atoms with Gasteiger partial charge in [0.1, 0.15) is 0 Å². The van der Waals surface area contributed by atoms with Crippen LogP contribution in [0, 0.1) is 10.1 Å². The number of nitro benzene ring substituents is 1. The predicted octanol–water partition coefficient (Wildman–Crippen LogP) is 3.19. The van der Waals surface area contributed by atoms with Crippen LogP contribution in [0.15, 0.2) is 24.3 Å². The van der Waals surface area contributed by atoms with E-state index in [1.165, 1.54) is 19.3 Å². The minimum atomic E-state index is -0.320. The molecule has 26 heavy (non-hydrogen) atoms. The Kier molecular flexibility index (Phi) is 6.44. The minimum Gasteiger partial charge on any atom is -0.335 e. The molecule has 2 fully saturated rings. The SMILES string of the molecule is O=C(NC1CCCCC1)NC1CCN(Cc2ccccc2[N+](=O)[O-])CC1. The normalized spacial score (nSPS) is 19.8. The first-order valence-corrected chi connectivity index (χ1v) is 9.63. The number of piperidine rings is 1. The molecule has 2 amide bonds. The number of nitrogens with zero attached hydrogens (tertiary/aromatic N) is 2. The molecule has 0 aromatic heterocycles. The molecule has 7 nitrogen and oxygen atoms in total. The van der Waals surface area contributed by atoms with Gasteiger partial charge in [-0.1, -0.05) is 37.5 Å². The lowest BCUT2D eigenvalue weighted by Crippen LogP contribution is -2.50. The molecule has 1 aromatic carbocycles. The summed E-state index contributed by atoms with van der Waals surface area (Å²) in [4.78, 5) is 25.2. The number of nitro groups is 1. The Labute approximate surface area is 154 Å². The maximum Gasteiger partial charge on any atom is 0.315 e. The van der Waals surface area contributed by atoms with Gasteiger partial charge in [-0.2, -0.15) is 0 Å². The van der Waals surface area contributed by atoms with Crippen LogP contribution in [-0.4, -0.2) is 41.0 Å². The maximum absolute atomic E-state index is 12.2. The third-order valence-electron chi connectivity index (χ3n) is 5.45. The van der Waals surface area contributed by atoms with Crippen LogP contribution < -0.4 is 10.6 Å². The molecule has 2 N–H and O–H groups in total. The van der Waals surface area contributed by atoms with Crippen LogP contribution in [0.1, 0.15) is 50.5 Å². The standard InChI is InChI=1S/C19H28N4O3/c24-19(20-16-7-2-1-3-8-16)21-17-10-12-22(13-11-17)14-15-6-4-5-9-18(15)23(25)26/h4-6,9,16-17H,1-3,7-8,10-14H2,(H2,20,21,24). The highest BCUT2D eigenvalue weighted by Gasteiger charge is 2.24. The molecule has 1 aromatic rings. The van der Waals surface area contributed by atoms with Gasteiger partial charge in [0.25, 0.3) is 5.69 Å². The van der Waals surface area contributed by atoms with Gasteiger partial charge in [0.15, 0.2) is 0 Å². The first-order valence-electron chi connectivity index (χ1n) is 9.63. The molecule has 3 rings (SSSR count). The van der Waals surface area contributed by atoms with Crippen molar-refractivity contribution in [2.24, 2.45) is 0 Å². The summed E-state index contributed by atoms with van der Waals surface area (Å²) in [5, 5.41) is 17.3. The molecule has 1 saturated heterocycles. The zero-order valence-corrected chi connectivity index (χ0v) is 15.2. The number of hydrogen-bond acceptors (Lipinski definition) is 4. The Balaban J connectivity index is 1.43. The van der Waals surface area contributed by atoms with Crippen molar-refractivity contribution in [3.8, 4) is 0 Å². The van der Waals surface area contributed by atoms with Crippen LogP contribution in [0.3, 0.4) is 0 Å². The van der Waals surface area contributed by atoms with E-state index in [2.05, 4.69) is 15.5 Å². The summed E-state index contributed by atoms with van der Waals surface area (Å²) in [6.45, 7) is 2.25. The van der Waals surface area contributed by atoms with Gasteiger partial charge in [-0.3, -0.25) is 15.0 Å². The van der Waals surface area contributed by atoms with Crippen LogP contribution >= 0.6 is 0 Å².